The fourth-order valence-electron chi connectivity index (χ4n) is 1.70. The van der Waals surface area contributed by atoms with E-state index in [0.29, 0.717) is 5.56 Å². The van der Waals surface area contributed by atoms with Crippen molar-refractivity contribution in [2.24, 2.45) is 0 Å². The first-order valence-electron chi connectivity index (χ1n) is 4.49. The summed E-state index contributed by atoms with van der Waals surface area (Å²) in [5.74, 6) is -0.419. The van der Waals surface area contributed by atoms with Crippen molar-refractivity contribution >= 4 is 17.6 Å². The van der Waals surface area contributed by atoms with E-state index in [2.05, 4.69) is 9.72 Å². The lowest BCUT2D eigenvalue weighted by Gasteiger charge is -2.04. The highest BCUT2D eigenvalue weighted by Gasteiger charge is 2.19. The average molecular weight is 212 g/mol. The highest BCUT2D eigenvalue weighted by molar-refractivity contribution is 6.32. The number of nitrogens with zero attached hydrogens (tertiary/aromatic N) is 1. The fourth-order valence-corrected chi connectivity index (χ4v) is 1.93. The summed E-state index contributed by atoms with van der Waals surface area (Å²) < 4.78 is 4.61. The molecule has 0 saturated heterocycles. The first kappa shape index (κ1) is 9.46. The minimum atomic E-state index is -0.419. The lowest BCUT2D eigenvalue weighted by Crippen LogP contribution is -2.05. The highest BCUT2D eigenvalue weighted by atomic mass is 35.5. The molecule has 0 amide bonds. The van der Waals surface area contributed by atoms with Gasteiger partial charge >= 0.3 is 5.97 Å². The average Bonchev–Trinajstić information content (AvgIpc) is 2.62. The molecule has 3 nitrogen and oxygen atoms in total. The Hall–Kier alpha value is -1.09. The number of rotatable bonds is 1. The number of aromatic nitrogens is 1. The van der Waals surface area contributed by atoms with Crippen molar-refractivity contribution < 1.29 is 9.53 Å². The van der Waals surface area contributed by atoms with Crippen LogP contribution in [0.15, 0.2) is 6.07 Å². The van der Waals surface area contributed by atoms with Crippen molar-refractivity contribution in [3.8, 4) is 0 Å². The summed E-state index contributed by atoms with van der Waals surface area (Å²) >= 11 is 5.87. The van der Waals surface area contributed by atoms with E-state index in [1.54, 1.807) is 6.07 Å². The molecule has 0 bridgehead atoms. The molecule has 0 unspecified atom stereocenters. The second-order valence-corrected chi connectivity index (χ2v) is 3.64. The zero-order valence-electron chi connectivity index (χ0n) is 7.84. The van der Waals surface area contributed by atoms with Crippen LogP contribution in [0.2, 0.25) is 5.15 Å². The number of ether oxygens (including phenoxy) is 1. The molecule has 0 atom stereocenters. The number of hydrogen-bond acceptors (Lipinski definition) is 3. The Balaban J connectivity index is 2.47. The largest absolute Gasteiger partial charge is 0.465 e. The predicted molar refractivity (Wildman–Crippen MR) is 52.6 cm³/mol. The SMILES string of the molecule is COC(=O)c1cc2c(nc1Cl)CCC2. The Labute approximate surface area is 87.0 Å². The Bertz CT molecular complexity index is 390. The molecule has 74 valence electrons. The van der Waals surface area contributed by atoms with E-state index in [4.69, 9.17) is 11.6 Å². The van der Waals surface area contributed by atoms with Gasteiger partial charge in [0.25, 0.3) is 0 Å². The molecular weight excluding hydrogens is 202 g/mol. The summed E-state index contributed by atoms with van der Waals surface area (Å²) in [6, 6.07) is 1.80. The predicted octanol–water partition coefficient (Wildman–Crippen LogP) is 2.01. The van der Waals surface area contributed by atoms with Gasteiger partial charge in [-0.3, -0.25) is 0 Å². The number of halogens is 1. The molecule has 0 radical (unpaired) electrons. The van der Waals surface area contributed by atoms with Gasteiger partial charge < -0.3 is 4.74 Å². The van der Waals surface area contributed by atoms with Gasteiger partial charge in [0.2, 0.25) is 0 Å². The van der Waals surface area contributed by atoms with Gasteiger partial charge in [0.1, 0.15) is 5.15 Å². The van der Waals surface area contributed by atoms with E-state index in [9.17, 15) is 4.79 Å². The van der Waals surface area contributed by atoms with E-state index >= 15 is 0 Å². The first-order chi connectivity index (χ1) is 6.72. The van der Waals surface area contributed by atoms with E-state index in [-0.39, 0.29) is 5.15 Å². The van der Waals surface area contributed by atoms with Crippen LogP contribution in [0.5, 0.6) is 0 Å². The maximum absolute atomic E-state index is 11.3. The zero-order valence-corrected chi connectivity index (χ0v) is 8.60. The summed E-state index contributed by atoms with van der Waals surface area (Å²) in [6.45, 7) is 0. The molecule has 1 aliphatic rings. The maximum Gasteiger partial charge on any atom is 0.341 e. The molecule has 14 heavy (non-hydrogen) atoms. The number of pyridine rings is 1. The molecule has 0 fully saturated rings. The first-order valence-corrected chi connectivity index (χ1v) is 4.87. The van der Waals surface area contributed by atoms with Crippen molar-refractivity contribution in [2.75, 3.05) is 7.11 Å². The van der Waals surface area contributed by atoms with Gasteiger partial charge in [0.15, 0.2) is 0 Å². The number of hydrogen-bond donors (Lipinski definition) is 0. The quantitative estimate of drug-likeness (QED) is 0.527. The Morgan fingerprint density at radius 3 is 3.07 bits per heavy atom. The van der Waals surface area contributed by atoms with Crippen LogP contribution in [0.1, 0.15) is 28.0 Å². The third kappa shape index (κ3) is 1.48. The monoisotopic (exact) mass is 211 g/mol. The van der Waals surface area contributed by atoms with Crippen LogP contribution in [0, 0.1) is 0 Å². The van der Waals surface area contributed by atoms with Gasteiger partial charge in [-0.25, -0.2) is 9.78 Å². The topological polar surface area (TPSA) is 39.2 Å². The number of fused-ring (bicyclic) bond motifs is 1. The van der Waals surface area contributed by atoms with Crippen LogP contribution < -0.4 is 0 Å². The number of methoxy groups -OCH3 is 1. The Morgan fingerprint density at radius 2 is 2.36 bits per heavy atom. The van der Waals surface area contributed by atoms with Gasteiger partial charge in [-0.1, -0.05) is 11.6 Å². The van der Waals surface area contributed by atoms with Crippen LogP contribution in [0.3, 0.4) is 0 Å². The van der Waals surface area contributed by atoms with Gasteiger partial charge in [-0.15, -0.1) is 0 Å². The van der Waals surface area contributed by atoms with E-state index < -0.39 is 5.97 Å². The molecule has 1 aromatic heterocycles. The molecule has 0 aromatic carbocycles. The van der Waals surface area contributed by atoms with Gasteiger partial charge in [0.05, 0.1) is 12.7 Å². The number of carbonyl (C=O) groups is 1. The zero-order chi connectivity index (χ0) is 10.1. The molecule has 0 saturated carbocycles. The number of esters is 1. The van der Waals surface area contributed by atoms with Crippen LogP contribution in [0.4, 0.5) is 0 Å². The molecule has 1 aromatic rings. The minimum Gasteiger partial charge on any atom is -0.465 e. The van der Waals surface area contributed by atoms with Crippen molar-refractivity contribution in [3.63, 3.8) is 0 Å². The van der Waals surface area contributed by atoms with E-state index in [1.165, 1.54) is 7.11 Å². The summed E-state index contributed by atoms with van der Waals surface area (Å²) in [4.78, 5) is 15.5. The van der Waals surface area contributed by atoms with Gasteiger partial charge in [0, 0.05) is 5.69 Å². The van der Waals surface area contributed by atoms with Crippen molar-refractivity contribution in [1.29, 1.82) is 0 Å². The van der Waals surface area contributed by atoms with E-state index in [1.807, 2.05) is 0 Å². The van der Waals surface area contributed by atoms with E-state index in [0.717, 1.165) is 30.5 Å². The third-order valence-corrected chi connectivity index (χ3v) is 2.70. The van der Waals surface area contributed by atoms with Crippen LogP contribution in [-0.2, 0) is 17.6 Å². The standard InChI is InChI=1S/C10H10ClNO2/c1-14-10(13)7-5-6-3-2-4-8(6)12-9(7)11/h5H,2-4H2,1H3. The molecule has 0 spiro atoms. The van der Waals surface area contributed by atoms with Crippen LogP contribution in [0.25, 0.3) is 0 Å². The smallest absolute Gasteiger partial charge is 0.341 e. The summed E-state index contributed by atoms with van der Waals surface area (Å²) in [5, 5.41) is 0.248. The second kappa shape index (κ2) is 3.58. The van der Waals surface area contributed by atoms with Crippen LogP contribution in [-0.4, -0.2) is 18.1 Å². The number of carbonyl (C=O) groups excluding carboxylic acids is 1. The summed E-state index contributed by atoms with van der Waals surface area (Å²) in [6.07, 6.45) is 3.02. The summed E-state index contributed by atoms with van der Waals surface area (Å²) in [5.41, 5.74) is 2.51. The van der Waals surface area contributed by atoms with Crippen LogP contribution >= 0.6 is 11.6 Å². The molecule has 0 aliphatic heterocycles. The van der Waals surface area contributed by atoms with Crippen molar-refractivity contribution in [1.82, 2.24) is 4.98 Å². The maximum atomic E-state index is 11.3. The molecule has 0 N–H and O–H groups in total. The lowest BCUT2D eigenvalue weighted by atomic mass is 10.1. The molecular formula is C10H10ClNO2. The molecule has 1 aliphatic carbocycles. The van der Waals surface area contributed by atoms with Crippen molar-refractivity contribution in [3.05, 3.63) is 28.0 Å². The third-order valence-electron chi connectivity index (χ3n) is 2.41. The number of aryl methyl sites for hydroxylation is 2. The molecule has 4 heteroatoms. The summed E-state index contributed by atoms with van der Waals surface area (Å²) in [7, 11) is 1.34. The molecule has 1 heterocycles. The lowest BCUT2D eigenvalue weighted by molar-refractivity contribution is 0.0600. The second-order valence-electron chi connectivity index (χ2n) is 3.28. The molecule has 2 rings (SSSR count). The minimum absolute atomic E-state index is 0.248. The van der Waals surface area contributed by atoms with Gasteiger partial charge in [-0.05, 0) is 30.9 Å². The Kier molecular flexibility index (Phi) is 2.42. The Morgan fingerprint density at radius 1 is 1.57 bits per heavy atom. The highest BCUT2D eigenvalue weighted by Crippen LogP contribution is 2.25. The normalized spacial score (nSPS) is 13.9. The fraction of sp³-hybridized carbons (Fsp3) is 0.400. The van der Waals surface area contributed by atoms with Gasteiger partial charge in [-0.2, -0.15) is 0 Å². The van der Waals surface area contributed by atoms with Crippen molar-refractivity contribution in [2.45, 2.75) is 19.3 Å².